The van der Waals surface area contributed by atoms with Gasteiger partial charge in [-0.05, 0) is 67.3 Å². The lowest BCUT2D eigenvalue weighted by molar-refractivity contribution is -0.152. The molecule has 3 rings (SSSR count). The quantitative estimate of drug-likeness (QED) is 0.484. The summed E-state index contributed by atoms with van der Waals surface area (Å²) >= 11 is 0. The molecule has 0 radical (unpaired) electrons. The van der Waals surface area contributed by atoms with Crippen molar-refractivity contribution in [3.8, 4) is 5.75 Å². The molecule has 0 bridgehead atoms. The van der Waals surface area contributed by atoms with Crippen molar-refractivity contribution in [3.05, 3.63) is 87.6 Å². The maximum absolute atomic E-state index is 12.4. The summed E-state index contributed by atoms with van der Waals surface area (Å²) in [4.78, 5) is 26.5. The van der Waals surface area contributed by atoms with Gasteiger partial charge in [-0.1, -0.05) is 57.2 Å². The lowest BCUT2D eigenvalue weighted by Gasteiger charge is -2.21. The molecule has 0 aliphatic carbocycles. The molecule has 0 amide bonds. The van der Waals surface area contributed by atoms with E-state index < -0.39 is 11.6 Å². The largest absolute Gasteiger partial charge is 0.478 e. The summed E-state index contributed by atoms with van der Waals surface area (Å²) in [5, 5.41) is 9.17. The number of nitrogens with one attached hydrogen (secondary N) is 1. The number of H-pyrrole nitrogens is 1. The summed E-state index contributed by atoms with van der Waals surface area (Å²) in [6, 6.07) is 15.9. The van der Waals surface area contributed by atoms with Crippen molar-refractivity contribution < 1.29 is 14.6 Å². The van der Waals surface area contributed by atoms with Crippen LogP contribution in [0.3, 0.4) is 0 Å². The summed E-state index contributed by atoms with van der Waals surface area (Å²) in [7, 11) is 0. The second-order valence-electron chi connectivity index (χ2n) is 10.1. The highest BCUT2D eigenvalue weighted by Gasteiger charge is 2.29. The van der Waals surface area contributed by atoms with Crippen LogP contribution in [0.2, 0.25) is 0 Å². The fourth-order valence-electron chi connectivity index (χ4n) is 3.58. The van der Waals surface area contributed by atoms with E-state index >= 15 is 0 Å². The van der Waals surface area contributed by atoms with E-state index in [4.69, 9.17) is 4.74 Å². The molecule has 0 fully saturated rings. The lowest BCUT2D eigenvalue weighted by Crippen LogP contribution is -2.37. The van der Waals surface area contributed by atoms with Crippen LogP contribution < -0.4 is 10.4 Å². The van der Waals surface area contributed by atoms with Gasteiger partial charge in [-0.15, -0.1) is 0 Å². The van der Waals surface area contributed by atoms with Crippen molar-refractivity contribution in [1.29, 1.82) is 0 Å². The van der Waals surface area contributed by atoms with E-state index in [1.807, 2.05) is 18.3 Å². The Bertz CT molecular complexity index is 1130. The first-order valence-electron chi connectivity index (χ1n) is 11.3. The molecule has 2 aromatic carbocycles. The van der Waals surface area contributed by atoms with Gasteiger partial charge in [0.05, 0.1) is 6.54 Å². The normalized spacial score (nSPS) is 12.0. The third-order valence-corrected chi connectivity index (χ3v) is 5.74. The van der Waals surface area contributed by atoms with E-state index in [1.54, 1.807) is 16.7 Å². The predicted octanol–water partition coefficient (Wildman–Crippen LogP) is 4.94. The molecular weight excluding hydrogens is 416 g/mol. The number of ether oxygens (including phenoxy) is 1. The van der Waals surface area contributed by atoms with Gasteiger partial charge in [-0.25, -0.2) is 9.59 Å². The molecule has 0 saturated heterocycles. The number of hydrogen-bond acceptors (Lipinski definition) is 3. The van der Waals surface area contributed by atoms with Gasteiger partial charge in [0.25, 0.3) is 0 Å². The number of aryl methyl sites for hydroxylation is 2. The number of imidazole rings is 1. The van der Waals surface area contributed by atoms with Crippen molar-refractivity contribution in [3.63, 3.8) is 0 Å². The van der Waals surface area contributed by atoms with E-state index in [2.05, 4.69) is 50.0 Å². The minimum Gasteiger partial charge on any atom is -0.478 e. The van der Waals surface area contributed by atoms with Crippen LogP contribution in [0.4, 0.5) is 0 Å². The molecule has 6 nitrogen and oxygen atoms in total. The molecule has 0 saturated carbocycles. The number of benzene rings is 2. The number of rotatable bonds is 9. The Labute approximate surface area is 195 Å². The number of carbonyl (C=O) groups is 1. The highest BCUT2D eigenvalue weighted by molar-refractivity contribution is 5.76. The van der Waals surface area contributed by atoms with Crippen molar-refractivity contribution in [2.24, 2.45) is 0 Å². The zero-order valence-corrected chi connectivity index (χ0v) is 20.1. The second-order valence-corrected chi connectivity index (χ2v) is 10.1. The van der Waals surface area contributed by atoms with Crippen LogP contribution in [0.15, 0.2) is 59.5 Å². The molecule has 1 aromatic heterocycles. The topological polar surface area (TPSA) is 84.3 Å². The number of nitrogens with zero attached hydrogens (tertiary/aromatic N) is 1. The molecule has 33 heavy (non-hydrogen) atoms. The molecule has 6 heteroatoms. The predicted molar refractivity (Wildman–Crippen MR) is 130 cm³/mol. The molecule has 0 aliphatic rings. The minimum absolute atomic E-state index is 0.0903. The van der Waals surface area contributed by atoms with Crippen LogP contribution in [0.1, 0.15) is 63.4 Å². The Morgan fingerprint density at radius 1 is 0.939 bits per heavy atom. The minimum atomic E-state index is -1.27. The van der Waals surface area contributed by atoms with Gasteiger partial charge >= 0.3 is 11.7 Å². The number of aromatic nitrogens is 2. The summed E-state index contributed by atoms with van der Waals surface area (Å²) in [6.07, 6.45) is 4.42. The van der Waals surface area contributed by atoms with Crippen molar-refractivity contribution in [2.45, 2.75) is 71.4 Å². The first-order chi connectivity index (χ1) is 15.4. The third kappa shape index (κ3) is 6.60. The molecule has 2 N–H and O–H groups in total. The fraction of sp³-hybridized carbons (Fsp3) is 0.407. The van der Waals surface area contributed by atoms with Gasteiger partial charge in [0.2, 0.25) is 0 Å². The highest BCUT2D eigenvalue weighted by Crippen LogP contribution is 2.22. The van der Waals surface area contributed by atoms with Crippen LogP contribution in [-0.4, -0.2) is 26.2 Å². The Hall–Kier alpha value is -3.28. The van der Waals surface area contributed by atoms with E-state index in [9.17, 15) is 14.7 Å². The SMILES string of the molecule is CC(C)(Oc1ccc(CCCc2cn(Cc3ccc(C(C)(C)C)cc3)c(=O)[nH]2)cc1)C(=O)O. The number of carboxylic acid groups (broad SMARTS) is 1. The first kappa shape index (κ1) is 24.4. The molecule has 1 heterocycles. The fourth-order valence-corrected chi connectivity index (χ4v) is 3.58. The van der Waals surface area contributed by atoms with Crippen LogP contribution >= 0.6 is 0 Å². The smallest absolute Gasteiger partial charge is 0.347 e. The van der Waals surface area contributed by atoms with E-state index in [0.717, 1.165) is 36.1 Å². The van der Waals surface area contributed by atoms with Gasteiger partial charge in [0.1, 0.15) is 5.75 Å². The Balaban J connectivity index is 1.53. The average molecular weight is 451 g/mol. The maximum Gasteiger partial charge on any atom is 0.347 e. The molecule has 3 aromatic rings. The Morgan fingerprint density at radius 2 is 1.55 bits per heavy atom. The van der Waals surface area contributed by atoms with Gasteiger partial charge in [0, 0.05) is 11.9 Å². The van der Waals surface area contributed by atoms with Gasteiger partial charge in [-0.3, -0.25) is 4.57 Å². The van der Waals surface area contributed by atoms with Crippen LogP contribution in [0.25, 0.3) is 0 Å². The second kappa shape index (κ2) is 9.69. The summed E-state index contributed by atoms with van der Waals surface area (Å²) in [5.41, 5.74) is 3.19. The van der Waals surface area contributed by atoms with E-state index in [1.165, 1.54) is 19.4 Å². The van der Waals surface area contributed by atoms with E-state index in [0.29, 0.717) is 12.3 Å². The van der Waals surface area contributed by atoms with Crippen molar-refractivity contribution in [2.75, 3.05) is 0 Å². The zero-order valence-electron chi connectivity index (χ0n) is 20.1. The number of aromatic amines is 1. The molecule has 176 valence electrons. The van der Waals surface area contributed by atoms with Gasteiger partial charge in [0.15, 0.2) is 5.60 Å². The standard InChI is InChI=1S/C27H34N2O4/c1-26(2,3)21-13-9-20(10-14-21)17-29-18-22(28-25(29)32)8-6-7-19-11-15-23(16-12-19)33-27(4,5)24(30)31/h9-16,18H,6-8,17H2,1-5H3,(H,28,32)(H,30,31). The van der Waals surface area contributed by atoms with Crippen molar-refractivity contribution in [1.82, 2.24) is 9.55 Å². The van der Waals surface area contributed by atoms with Crippen molar-refractivity contribution >= 4 is 5.97 Å². The molecule has 0 aliphatic heterocycles. The Kier molecular flexibility index (Phi) is 7.15. The maximum atomic E-state index is 12.4. The zero-order chi connectivity index (χ0) is 24.2. The summed E-state index contributed by atoms with van der Waals surface area (Å²) in [6.45, 7) is 10.2. The van der Waals surface area contributed by atoms with Gasteiger partial charge < -0.3 is 14.8 Å². The molecular formula is C27H34N2O4. The first-order valence-corrected chi connectivity index (χ1v) is 11.3. The number of hydrogen-bond donors (Lipinski definition) is 2. The van der Waals surface area contributed by atoms with Crippen LogP contribution in [0, 0.1) is 0 Å². The summed E-state index contributed by atoms with van der Waals surface area (Å²) in [5.74, 6) is -0.475. The van der Waals surface area contributed by atoms with E-state index in [-0.39, 0.29) is 11.1 Å². The summed E-state index contributed by atoms with van der Waals surface area (Å²) < 4.78 is 7.26. The molecule has 0 unspecified atom stereocenters. The van der Waals surface area contributed by atoms with Crippen LogP contribution in [0.5, 0.6) is 5.75 Å². The monoisotopic (exact) mass is 450 g/mol. The molecule has 0 spiro atoms. The average Bonchev–Trinajstić information content (AvgIpc) is 3.08. The number of aliphatic carboxylic acids is 1. The number of carboxylic acids is 1. The van der Waals surface area contributed by atoms with Crippen LogP contribution in [-0.2, 0) is 29.6 Å². The highest BCUT2D eigenvalue weighted by atomic mass is 16.5. The van der Waals surface area contributed by atoms with Gasteiger partial charge in [-0.2, -0.15) is 0 Å². The third-order valence-electron chi connectivity index (χ3n) is 5.74. The lowest BCUT2D eigenvalue weighted by atomic mass is 9.87. The molecule has 0 atom stereocenters. The Morgan fingerprint density at radius 3 is 2.12 bits per heavy atom.